The zero-order chi connectivity index (χ0) is 11.7. The van der Waals surface area contributed by atoms with E-state index in [2.05, 4.69) is 39.0 Å². The van der Waals surface area contributed by atoms with Crippen molar-refractivity contribution in [1.29, 1.82) is 0 Å². The highest BCUT2D eigenvalue weighted by Crippen LogP contribution is 2.38. The Hall–Kier alpha value is -0.470. The Kier molecular flexibility index (Phi) is 3.60. The molecule has 0 radical (unpaired) electrons. The summed E-state index contributed by atoms with van der Waals surface area (Å²) in [5.41, 5.74) is 8.83. The van der Waals surface area contributed by atoms with Gasteiger partial charge in [0.1, 0.15) is 0 Å². The standard InChI is InChI=1S/C14H21NS/c1-9-4-5-12(8-10(9)2)16-14-7-6-13(15)11(14)3/h4-5,8,11,13-14H,6-7,15H2,1-3H3. The number of hydrogen-bond donors (Lipinski definition) is 1. The molecule has 0 heterocycles. The molecule has 1 aromatic rings. The summed E-state index contributed by atoms with van der Waals surface area (Å²) in [6.07, 6.45) is 2.45. The van der Waals surface area contributed by atoms with Crippen LogP contribution in [0, 0.1) is 19.8 Å². The van der Waals surface area contributed by atoms with Crippen LogP contribution in [0.3, 0.4) is 0 Å². The van der Waals surface area contributed by atoms with E-state index in [1.165, 1.54) is 28.9 Å². The smallest absolute Gasteiger partial charge is 0.0135 e. The largest absolute Gasteiger partial charge is 0.327 e. The second kappa shape index (κ2) is 4.80. The summed E-state index contributed by atoms with van der Waals surface area (Å²) < 4.78 is 0. The van der Waals surface area contributed by atoms with Crippen molar-refractivity contribution in [2.24, 2.45) is 11.7 Å². The maximum absolute atomic E-state index is 6.06. The van der Waals surface area contributed by atoms with E-state index in [0.717, 1.165) is 0 Å². The van der Waals surface area contributed by atoms with Crippen LogP contribution in [-0.4, -0.2) is 11.3 Å². The van der Waals surface area contributed by atoms with Gasteiger partial charge in [0.2, 0.25) is 0 Å². The summed E-state index contributed by atoms with van der Waals surface area (Å²) in [6, 6.07) is 7.17. The van der Waals surface area contributed by atoms with Gasteiger partial charge in [-0.2, -0.15) is 0 Å². The lowest BCUT2D eigenvalue weighted by Gasteiger charge is -2.17. The first-order valence-electron chi connectivity index (χ1n) is 6.07. The Morgan fingerprint density at radius 3 is 2.50 bits per heavy atom. The van der Waals surface area contributed by atoms with E-state index < -0.39 is 0 Å². The fraction of sp³-hybridized carbons (Fsp3) is 0.571. The molecule has 16 heavy (non-hydrogen) atoms. The maximum Gasteiger partial charge on any atom is 0.0135 e. The van der Waals surface area contributed by atoms with Gasteiger partial charge >= 0.3 is 0 Å². The SMILES string of the molecule is Cc1ccc(SC2CCC(N)C2C)cc1C. The molecule has 0 bridgehead atoms. The zero-order valence-electron chi connectivity index (χ0n) is 10.4. The van der Waals surface area contributed by atoms with Gasteiger partial charge in [-0.05, 0) is 55.9 Å². The fourth-order valence-electron chi connectivity index (χ4n) is 2.29. The highest BCUT2D eigenvalue weighted by molar-refractivity contribution is 8.00. The van der Waals surface area contributed by atoms with E-state index in [-0.39, 0.29) is 0 Å². The normalized spacial score (nSPS) is 29.6. The van der Waals surface area contributed by atoms with Crippen molar-refractivity contribution < 1.29 is 0 Å². The Bertz CT molecular complexity index is 375. The minimum Gasteiger partial charge on any atom is -0.327 e. The van der Waals surface area contributed by atoms with Crippen molar-refractivity contribution in [1.82, 2.24) is 0 Å². The molecule has 1 aromatic carbocycles. The number of rotatable bonds is 2. The topological polar surface area (TPSA) is 26.0 Å². The van der Waals surface area contributed by atoms with Crippen LogP contribution < -0.4 is 5.73 Å². The van der Waals surface area contributed by atoms with Crippen LogP contribution in [-0.2, 0) is 0 Å². The highest BCUT2D eigenvalue weighted by Gasteiger charge is 2.30. The monoisotopic (exact) mass is 235 g/mol. The molecule has 0 aliphatic heterocycles. The number of nitrogens with two attached hydrogens (primary N) is 1. The van der Waals surface area contributed by atoms with E-state index in [1.54, 1.807) is 0 Å². The van der Waals surface area contributed by atoms with E-state index in [1.807, 2.05) is 11.8 Å². The molecule has 2 N–H and O–H groups in total. The average molecular weight is 235 g/mol. The van der Waals surface area contributed by atoms with Gasteiger partial charge in [0, 0.05) is 16.2 Å². The first kappa shape index (κ1) is 12.0. The van der Waals surface area contributed by atoms with Crippen LogP contribution in [0.4, 0.5) is 0 Å². The molecule has 1 aliphatic carbocycles. The van der Waals surface area contributed by atoms with Crippen molar-refractivity contribution in [2.75, 3.05) is 0 Å². The number of aryl methyl sites for hydroxylation is 2. The molecule has 2 rings (SSSR count). The summed E-state index contributed by atoms with van der Waals surface area (Å²) in [6.45, 7) is 6.64. The van der Waals surface area contributed by atoms with Crippen molar-refractivity contribution in [3.05, 3.63) is 29.3 Å². The molecule has 3 unspecified atom stereocenters. The fourth-order valence-corrected chi connectivity index (χ4v) is 3.70. The average Bonchev–Trinajstić information content (AvgIpc) is 2.55. The van der Waals surface area contributed by atoms with Crippen LogP contribution in [0.25, 0.3) is 0 Å². The summed E-state index contributed by atoms with van der Waals surface area (Å²) >= 11 is 2.01. The van der Waals surface area contributed by atoms with Crippen molar-refractivity contribution in [3.63, 3.8) is 0 Å². The van der Waals surface area contributed by atoms with Gasteiger partial charge < -0.3 is 5.73 Å². The van der Waals surface area contributed by atoms with E-state index in [9.17, 15) is 0 Å². The summed E-state index contributed by atoms with van der Waals surface area (Å²) in [7, 11) is 0. The second-order valence-electron chi connectivity index (χ2n) is 5.00. The third kappa shape index (κ3) is 2.44. The second-order valence-corrected chi connectivity index (χ2v) is 6.32. The minimum absolute atomic E-state index is 0.407. The number of hydrogen-bond acceptors (Lipinski definition) is 2. The first-order valence-corrected chi connectivity index (χ1v) is 6.95. The van der Waals surface area contributed by atoms with Gasteiger partial charge in [0.25, 0.3) is 0 Å². The van der Waals surface area contributed by atoms with Crippen LogP contribution in [0.15, 0.2) is 23.1 Å². The van der Waals surface area contributed by atoms with Gasteiger partial charge in [-0.1, -0.05) is 13.0 Å². The van der Waals surface area contributed by atoms with E-state index >= 15 is 0 Å². The molecule has 1 saturated carbocycles. The van der Waals surface area contributed by atoms with Gasteiger partial charge in [-0.3, -0.25) is 0 Å². The van der Waals surface area contributed by atoms with E-state index in [0.29, 0.717) is 17.2 Å². The molecule has 0 amide bonds. The van der Waals surface area contributed by atoms with Crippen LogP contribution >= 0.6 is 11.8 Å². The summed E-state index contributed by atoms with van der Waals surface area (Å²) in [5, 5.41) is 0.706. The molecular formula is C14H21NS. The van der Waals surface area contributed by atoms with Crippen molar-refractivity contribution >= 4 is 11.8 Å². The lowest BCUT2D eigenvalue weighted by atomic mass is 10.1. The molecule has 0 saturated heterocycles. The number of thioether (sulfide) groups is 1. The van der Waals surface area contributed by atoms with Gasteiger partial charge in [-0.15, -0.1) is 11.8 Å². The van der Waals surface area contributed by atoms with Gasteiger partial charge in [0.05, 0.1) is 0 Å². The lowest BCUT2D eigenvalue weighted by molar-refractivity contribution is 0.535. The first-order chi connectivity index (χ1) is 7.58. The molecule has 88 valence electrons. The van der Waals surface area contributed by atoms with Gasteiger partial charge in [-0.25, -0.2) is 0 Å². The quantitative estimate of drug-likeness (QED) is 0.848. The summed E-state index contributed by atoms with van der Waals surface area (Å²) in [5.74, 6) is 0.645. The minimum atomic E-state index is 0.407. The Morgan fingerprint density at radius 1 is 1.19 bits per heavy atom. The predicted molar refractivity (Wildman–Crippen MR) is 71.9 cm³/mol. The zero-order valence-corrected chi connectivity index (χ0v) is 11.2. The van der Waals surface area contributed by atoms with Crippen molar-refractivity contribution in [3.8, 4) is 0 Å². The molecule has 1 fully saturated rings. The third-order valence-corrected chi connectivity index (χ3v) is 5.31. The van der Waals surface area contributed by atoms with Crippen molar-refractivity contribution in [2.45, 2.75) is 49.8 Å². The molecule has 2 heteroatoms. The van der Waals surface area contributed by atoms with Crippen LogP contribution in [0.5, 0.6) is 0 Å². The third-order valence-electron chi connectivity index (χ3n) is 3.81. The Morgan fingerprint density at radius 2 is 1.94 bits per heavy atom. The van der Waals surface area contributed by atoms with E-state index in [4.69, 9.17) is 5.73 Å². The molecule has 0 aromatic heterocycles. The lowest BCUT2D eigenvalue weighted by Crippen LogP contribution is -2.25. The summed E-state index contributed by atoms with van der Waals surface area (Å²) in [4.78, 5) is 1.40. The molecule has 3 atom stereocenters. The molecule has 1 nitrogen and oxygen atoms in total. The Labute approximate surface area is 103 Å². The highest BCUT2D eigenvalue weighted by atomic mass is 32.2. The molecular weight excluding hydrogens is 214 g/mol. The molecule has 1 aliphatic rings. The Balaban J connectivity index is 2.07. The van der Waals surface area contributed by atoms with Gasteiger partial charge in [0.15, 0.2) is 0 Å². The molecule has 0 spiro atoms. The predicted octanol–water partition coefficient (Wildman–Crippen LogP) is 3.52. The maximum atomic E-state index is 6.06. The van der Waals surface area contributed by atoms with Crippen LogP contribution in [0.1, 0.15) is 30.9 Å². The van der Waals surface area contributed by atoms with Crippen LogP contribution in [0.2, 0.25) is 0 Å². The number of benzene rings is 1.